The highest BCUT2D eigenvalue weighted by molar-refractivity contribution is 7.90. The Morgan fingerprint density at radius 2 is 2.15 bits per heavy atom. The molecule has 0 aliphatic rings. The molecule has 108 valence electrons. The minimum absolute atomic E-state index is 0.0550. The van der Waals surface area contributed by atoms with Gasteiger partial charge in [0.15, 0.2) is 9.84 Å². The second kappa shape index (κ2) is 5.80. The fourth-order valence-corrected chi connectivity index (χ4v) is 3.71. The zero-order chi connectivity index (χ0) is 14.8. The average Bonchev–Trinajstić information content (AvgIpc) is 2.76. The molecule has 0 amide bonds. The molecule has 0 aliphatic carbocycles. The quantitative estimate of drug-likeness (QED) is 0.851. The average molecular weight is 315 g/mol. The number of rotatable bonds is 5. The Bertz CT molecular complexity index is 712. The van der Waals surface area contributed by atoms with Gasteiger partial charge in [-0.25, -0.2) is 18.1 Å². The summed E-state index contributed by atoms with van der Waals surface area (Å²) in [6.45, 7) is 2.61. The van der Waals surface area contributed by atoms with Crippen molar-refractivity contribution in [1.29, 1.82) is 0 Å². The van der Waals surface area contributed by atoms with Gasteiger partial charge in [-0.3, -0.25) is 0 Å². The van der Waals surface area contributed by atoms with E-state index in [9.17, 15) is 8.42 Å². The van der Waals surface area contributed by atoms with Crippen LogP contribution in [-0.4, -0.2) is 23.2 Å². The van der Waals surface area contributed by atoms with Gasteiger partial charge in [-0.1, -0.05) is 18.5 Å². The van der Waals surface area contributed by atoms with Gasteiger partial charge in [0.25, 0.3) is 0 Å². The Morgan fingerprint density at radius 1 is 1.40 bits per heavy atom. The molecule has 0 radical (unpaired) electrons. The van der Waals surface area contributed by atoms with E-state index in [1.807, 2.05) is 6.92 Å². The van der Waals surface area contributed by atoms with E-state index in [2.05, 4.69) is 10.1 Å². The summed E-state index contributed by atoms with van der Waals surface area (Å²) in [5, 5.41) is 4.13. The molecular weight excluding hydrogens is 300 g/mol. The minimum Gasteiger partial charge on any atom is -0.399 e. The third-order valence-corrected chi connectivity index (χ3v) is 4.83. The van der Waals surface area contributed by atoms with Crippen molar-refractivity contribution in [3.05, 3.63) is 35.4 Å². The van der Waals surface area contributed by atoms with Crippen molar-refractivity contribution in [3.8, 4) is 0 Å². The first kappa shape index (κ1) is 14.8. The summed E-state index contributed by atoms with van der Waals surface area (Å²) in [5.41, 5.74) is 5.98. The Balaban J connectivity index is 2.33. The van der Waals surface area contributed by atoms with E-state index in [4.69, 9.17) is 17.3 Å². The third kappa shape index (κ3) is 3.10. The summed E-state index contributed by atoms with van der Waals surface area (Å²) in [6, 6.07) is 4.34. The molecule has 20 heavy (non-hydrogen) atoms. The number of nitrogen functional groups attached to an aromatic ring is 1. The third-order valence-electron chi connectivity index (χ3n) is 2.74. The second-order valence-corrected chi connectivity index (χ2v) is 6.71. The van der Waals surface area contributed by atoms with Crippen LogP contribution in [0.25, 0.3) is 0 Å². The molecule has 2 N–H and O–H groups in total. The molecule has 0 aliphatic heterocycles. The van der Waals surface area contributed by atoms with Gasteiger partial charge in [-0.05, 0) is 24.6 Å². The van der Waals surface area contributed by atoms with Crippen LogP contribution in [-0.2, 0) is 22.1 Å². The zero-order valence-corrected chi connectivity index (χ0v) is 12.5. The Labute approximate surface area is 122 Å². The number of sulfone groups is 1. The number of hydrogen-bond donors (Lipinski definition) is 1. The van der Waals surface area contributed by atoms with E-state index in [0.717, 1.165) is 6.42 Å². The van der Waals surface area contributed by atoms with E-state index in [0.29, 0.717) is 18.1 Å². The molecule has 2 rings (SSSR count). The van der Waals surface area contributed by atoms with Gasteiger partial charge in [0.2, 0.25) is 0 Å². The van der Waals surface area contributed by atoms with Gasteiger partial charge in [-0.15, -0.1) is 0 Å². The number of nitrogens with two attached hydrogens (primary N) is 1. The summed E-state index contributed by atoms with van der Waals surface area (Å²) in [7, 11) is -3.58. The largest absolute Gasteiger partial charge is 0.399 e. The smallest absolute Gasteiger partial charge is 0.187 e. The van der Waals surface area contributed by atoms with Crippen LogP contribution in [0.3, 0.4) is 0 Å². The predicted molar refractivity (Wildman–Crippen MR) is 77.1 cm³/mol. The van der Waals surface area contributed by atoms with Crippen molar-refractivity contribution >= 4 is 27.1 Å². The van der Waals surface area contributed by atoms with Gasteiger partial charge in [0.1, 0.15) is 17.9 Å². The summed E-state index contributed by atoms with van der Waals surface area (Å²) in [6.07, 6.45) is 2.20. The van der Waals surface area contributed by atoms with E-state index in [-0.39, 0.29) is 15.7 Å². The van der Waals surface area contributed by atoms with Gasteiger partial charge in [0.05, 0.1) is 9.92 Å². The van der Waals surface area contributed by atoms with Crippen LogP contribution in [0.15, 0.2) is 29.4 Å². The van der Waals surface area contributed by atoms with E-state index in [1.54, 1.807) is 4.68 Å². The number of anilines is 1. The fourth-order valence-electron chi connectivity index (χ4n) is 1.82. The highest BCUT2D eigenvalue weighted by Crippen LogP contribution is 2.26. The molecular formula is C12H15ClN4O2S. The predicted octanol–water partition coefficient (Wildman–Crippen LogP) is 1.90. The second-order valence-electron chi connectivity index (χ2n) is 4.35. The first-order valence-corrected chi connectivity index (χ1v) is 8.11. The normalized spacial score (nSPS) is 11.7. The molecule has 0 saturated carbocycles. The van der Waals surface area contributed by atoms with Gasteiger partial charge in [-0.2, -0.15) is 5.10 Å². The molecule has 8 heteroatoms. The van der Waals surface area contributed by atoms with E-state index < -0.39 is 9.84 Å². The summed E-state index contributed by atoms with van der Waals surface area (Å²) < 4.78 is 26.3. The molecule has 0 saturated heterocycles. The molecule has 1 heterocycles. The standard InChI is InChI=1S/C12H15ClN4O2S/c1-2-5-17-12(15-8-16-17)7-20(18,19)11-4-3-9(14)6-10(11)13/h3-4,6,8H,2,5,7,14H2,1H3. The molecule has 0 fully saturated rings. The van der Waals surface area contributed by atoms with Crippen molar-refractivity contribution < 1.29 is 8.42 Å². The maximum Gasteiger partial charge on any atom is 0.187 e. The van der Waals surface area contributed by atoms with Crippen LogP contribution in [0.5, 0.6) is 0 Å². The topological polar surface area (TPSA) is 90.9 Å². The Morgan fingerprint density at radius 3 is 2.80 bits per heavy atom. The van der Waals surface area contributed by atoms with E-state index in [1.165, 1.54) is 24.5 Å². The van der Waals surface area contributed by atoms with Crippen LogP contribution in [0, 0.1) is 0 Å². The highest BCUT2D eigenvalue weighted by Gasteiger charge is 2.21. The van der Waals surface area contributed by atoms with Crippen molar-refractivity contribution in [1.82, 2.24) is 14.8 Å². The van der Waals surface area contributed by atoms with Crippen molar-refractivity contribution in [2.45, 2.75) is 30.5 Å². The number of aromatic nitrogens is 3. The van der Waals surface area contributed by atoms with Crippen LogP contribution < -0.4 is 5.73 Å². The van der Waals surface area contributed by atoms with E-state index >= 15 is 0 Å². The molecule has 2 aromatic rings. The SMILES string of the molecule is CCCn1ncnc1CS(=O)(=O)c1ccc(N)cc1Cl. The molecule has 1 aromatic heterocycles. The summed E-state index contributed by atoms with van der Waals surface area (Å²) in [5.74, 6) is 0.163. The molecule has 0 atom stereocenters. The maximum absolute atomic E-state index is 12.4. The monoisotopic (exact) mass is 314 g/mol. The lowest BCUT2D eigenvalue weighted by molar-refractivity contribution is 0.566. The molecule has 1 aromatic carbocycles. The van der Waals surface area contributed by atoms with Crippen LogP contribution >= 0.6 is 11.6 Å². The van der Waals surface area contributed by atoms with Crippen LogP contribution in [0.4, 0.5) is 5.69 Å². The first-order chi connectivity index (χ1) is 9.44. The fraction of sp³-hybridized carbons (Fsp3) is 0.333. The Hall–Kier alpha value is -1.60. The first-order valence-electron chi connectivity index (χ1n) is 6.08. The molecule has 0 unspecified atom stereocenters. The highest BCUT2D eigenvalue weighted by atomic mass is 35.5. The summed E-state index contributed by atoms with van der Waals surface area (Å²) >= 11 is 5.95. The zero-order valence-electron chi connectivity index (χ0n) is 11.0. The lowest BCUT2D eigenvalue weighted by Crippen LogP contribution is -2.12. The lowest BCUT2D eigenvalue weighted by Gasteiger charge is -2.08. The molecule has 0 spiro atoms. The maximum atomic E-state index is 12.4. The summed E-state index contributed by atoms with van der Waals surface area (Å²) in [4.78, 5) is 4.05. The number of nitrogens with zero attached hydrogens (tertiary/aromatic N) is 3. The number of aryl methyl sites for hydroxylation is 1. The van der Waals surface area contributed by atoms with Crippen LogP contribution in [0.1, 0.15) is 19.2 Å². The minimum atomic E-state index is -3.58. The van der Waals surface area contributed by atoms with Crippen molar-refractivity contribution in [2.75, 3.05) is 5.73 Å². The number of halogens is 1. The number of hydrogen-bond acceptors (Lipinski definition) is 5. The van der Waals surface area contributed by atoms with Gasteiger partial charge in [0, 0.05) is 12.2 Å². The molecule has 6 nitrogen and oxygen atoms in total. The van der Waals surface area contributed by atoms with Gasteiger partial charge >= 0.3 is 0 Å². The number of benzene rings is 1. The van der Waals surface area contributed by atoms with Crippen molar-refractivity contribution in [3.63, 3.8) is 0 Å². The van der Waals surface area contributed by atoms with Crippen LogP contribution in [0.2, 0.25) is 5.02 Å². The van der Waals surface area contributed by atoms with Crippen molar-refractivity contribution in [2.24, 2.45) is 0 Å². The Kier molecular flexibility index (Phi) is 4.29. The van der Waals surface area contributed by atoms with Gasteiger partial charge < -0.3 is 5.73 Å². The molecule has 0 bridgehead atoms. The lowest BCUT2D eigenvalue weighted by atomic mass is 10.3.